The average molecular weight is 584 g/mol. The molecular weight excluding hydrogens is 551 g/mol. The van der Waals surface area contributed by atoms with E-state index < -0.39 is 28.1 Å². The molecule has 0 amide bonds. The van der Waals surface area contributed by atoms with Crippen molar-refractivity contribution in [3.8, 4) is 17.6 Å². The number of allylic oxidation sites excluding steroid dienone is 10. The predicted molar refractivity (Wildman–Crippen MR) is 158 cm³/mol. The van der Waals surface area contributed by atoms with E-state index in [0.717, 1.165) is 6.92 Å². The van der Waals surface area contributed by atoms with Crippen LogP contribution in [-0.2, 0) is 0 Å². The summed E-state index contributed by atoms with van der Waals surface area (Å²) in [5.41, 5.74) is 5.45. The molecule has 12 heteroatoms. The number of nitro groups is 1. The SMILES string of the molecule is C=C/C=C(\C=C/C)n1nc(/C(C#N)=C/c2ccc(O/C(C)=C(/C=C(\C=C)C(F)(F)F)[N+](=O)[O-])c(OC)c2)cc1N.CC. The second-order valence-electron chi connectivity index (χ2n) is 7.88. The maximum Gasteiger partial charge on any atom is 0.416 e. The van der Waals surface area contributed by atoms with E-state index in [1.165, 1.54) is 42.1 Å². The molecule has 0 aliphatic heterocycles. The van der Waals surface area contributed by atoms with Crippen molar-refractivity contribution in [2.45, 2.75) is 33.9 Å². The highest BCUT2D eigenvalue weighted by Gasteiger charge is 2.33. The number of ether oxygens (including phenoxy) is 2. The molecule has 2 rings (SSSR count). The number of nitriles is 1. The molecule has 222 valence electrons. The van der Waals surface area contributed by atoms with Crippen LogP contribution in [0.5, 0.6) is 11.5 Å². The van der Waals surface area contributed by atoms with E-state index in [2.05, 4.69) is 24.3 Å². The number of rotatable bonds is 11. The normalized spacial score (nSPS) is 13.0. The molecule has 0 bridgehead atoms. The van der Waals surface area contributed by atoms with Gasteiger partial charge in [0.2, 0.25) is 0 Å². The van der Waals surface area contributed by atoms with Crippen molar-refractivity contribution in [2.75, 3.05) is 12.8 Å². The molecule has 0 unspecified atom stereocenters. The standard InChI is InChI=1S/C28H26F3N5O4.C2H6/c1-6-9-22(10-7-2)35-27(33)16-23(34-35)20(17-32)13-19-11-12-25(26(14-19)39-5)40-18(4)24(36(37)38)15-21(8-3)28(29,30)31;1-2/h6-16H,1,3,33H2,2,4-5H3;1-2H3/b10-7-,20-13+,21-15+,22-9+,24-18-;. The van der Waals surface area contributed by atoms with E-state index in [0.29, 0.717) is 29.1 Å². The number of anilines is 1. The van der Waals surface area contributed by atoms with Gasteiger partial charge in [-0.05, 0) is 42.8 Å². The smallest absolute Gasteiger partial charge is 0.416 e. The minimum atomic E-state index is -4.84. The second kappa shape index (κ2) is 16.1. The topological polar surface area (TPSA) is 129 Å². The van der Waals surface area contributed by atoms with Crippen molar-refractivity contribution in [2.24, 2.45) is 0 Å². The summed E-state index contributed by atoms with van der Waals surface area (Å²) in [5.74, 6) is -0.0361. The number of halogens is 3. The van der Waals surface area contributed by atoms with Crippen molar-refractivity contribution in [3.05, 3.63) is 112 Å². The molecule has 0 spiro atoms. The number of hydrogen-bond donors (Lipinski definition) is 1. The number of nitrogen functional groups attached to an aromatic ring is 1. The summed E-state index contributed by atoms with van der Waals surface area (Å²) in [4.78, 5) is 10.5. The van der Waals surface area contributed by atoms with E-state index >= 15 is 0 Å². The van der Waals surface area contributed by atoms with Crippen LogP contribution in [0.25, 0.3) is 17.3 Å². The Bertz CT molecular complexity index is 1500. The first-order valence-corrected chi connectivity index (χ1v) is 12.5. The molecule has 1 aromatic carbocycles. The zero-order valence-corrected chi connectivity index (χ0v) is 23.9. The van der Waals surface area contributed by atoms with Gasteiger partial charge in [-0.25, -0.2) is 4.68 Å². The number of alkyl halides is 3. The number of hydrogen-bond acceptors (Lipinski definition) is 7. The molecule has 0 radical (unpaired) electrons. The fraction of sp³-hybridized carbons (Fsp3) is 0.200. The van der Waals surface area contributed by atoms with Gasteiger partial charge in [0.25, 0.3) is 0 Å². The Labute approximate surface area is 242 Å². The summed E-state index contributed by atoms with van der Waals surface area (Å²) in [5, 5.41) is 25.7. The molecule has 0 fully saturated rings. The number of benzene rings is 1. The Hall–Kier alpha value is -5.31. The Balaban J connectivity index is 0.00000431. The number of nitrogens with zero attached hydrogens (tertiary/aromatic N) is 4. The zero-order valence-electron chi connectivity index (χ0n) is 23.9. The molecule has 1 aromatic heterocycles. The van der Waals surface area contributed by atoms with Crippen LogP contribution in [0, 0.1) is 21.4 Å². The summed E-state index contributed by atoms with van der Waals surface area (Å²) in [6.45, 7) is 13.7. The molecule has 42 heavy (non-hydrogen) atoms. The minimum Gasteiger partial charge on any atom is -0.493 e. The van der Waals surface area contributed by atoms with Crippen LogP contribution < -0.4 is 15.2 Å². The highest BCUT2D eigenvalue weighted by molar-refractivity contribution is 5.89. The molecule has 2 N–H and O–H groups in total. The van der Waals surface area contributed by atoms with Crippen LogP contribution in [0.2, 0.25) is 0 Å². The lowest BCUT2D eigenvalue weighted by Gasteiger charge is -2.12. The van der Waals surface area contributed by atoms with E-state index in [9.17, 15) is 28.5 Å². The van der Waals surface area contributed by atoms with Crippen LogP contribution >= 0.6 is 0 Å². The van der Waals surface area contributed by atoms with Crippen LogP contribution in [0.15, 0.2) is 90.9 Å². The van der Waals surface area contributed by atoms with Crippen LogP contribution in [0.1, 0.15) is 39.0 Å². The van der Waals surface area contributed by atoms with Gasteiger partial charge in [-0.15, -0.1) is 0 Å². The summed E-state index contributed by atoms with van der Waals surface area (Å²) in [6.07, 6.45) is 4.31. The van der Waals surface area contributed by atoms with Crippen molar-refractivity contribution < 1.29 is 27.6 Å². The Morgan fingerprint density at radius 3 is 2.40 bits per heavy atom. The van der Waals surface area contributed by atoms with Gasteiger partial charge in [-0.1, -0.05) is 51.3 Å². The minimum absolute atomic E-state index is 0.00495. The second-order valence-corrected chi connectivity index (χ2v) is 7.88. The predicted octanol–water partition coefficient (Wildman–Crippen LogP) is 7.73. The van der Waals surface area contributed by atoms with Crippen LogP contribution in [0.3, 0.4) is 0 Å². The largest absolute Gasteiger partial charge is 0.493 e. The van der Waals surface area contributed by atoms with Gasteiger partial charge in [-0.3, -0.25) is 10.1 Å². The maximum absolute atomic E-state index is 13.1. The number of nitrogens with two attached hydrogens (primary N) is 1. The van der Waals surface area contributed by atoms with Crippen LogP contribution in [0.4, 0.5) is 19.0 Å². The molecule has 0 aliphatic carbocycles. The highest BCUT2D eigenvalue weighted by Crippen LogP contribution is 2.33. The third kappa shape index (κ3) is 9.12. The molecule has 0 saturated heterocycles. The first kappa shape index (κ1) is 34.7. The lowest BCUT2D eigenvalue weighted by Crippen LogP contribution is -2.12. The van der Waals surface area contributed by atoms with Crippen molar-refractivity contribution in [1.82, 2.24) is 9.78 Å². The van der Waals surface area contributed by atoms with Gasteiger partial charge in [0.05, 0.1) is 28.9 Å². The summed E-state index contributed by atoms with van der Waals surface area (Å²) in [6, 6.07) is 8.00. The quantitative estimate of drug-likeness (QED) is 0.0942. The Morgan fingerprint density at radius 2 is 1.90 bits per heavy atom. The molecule has 9 nitrogen and oxygen atoms in total. The van der Waals surface area contributed by atoms with Gasteiger partial charge in [0.15, 0.2) is 17.3 Å². The van der Waals surface area contributed by atoms with Gasteiger partial charge in [-0.2, -0.15) is 23.5 Å². The first-order valence-electron chi connectivity index (χ1n) is 12.5. The lowest BCUT2D eigenvalue weighted by atomic mass is 10.1. The first-order chi connectivity index (χ1) is 19.9. The fourth-order valence-electron chi connectivity index (χ4n) is 3.31. The summed E-state index contributed by atoms with van der Waals surface area (Å²) in [7, 11) is 1.31. The van der Waals surface area contributed by atoms with Crippen molar-refractivity contribution in [3.63, 3.8) is 0 Å². The molecule has 0 atom stereocenters. The number of aromatic nitrogens is 2. The number of methoxy groups -OCH3 is 1. The van der Waals surface area contributed by atoms with E-state index in [-0.39, 0.29) is 22.9 Å². The van der Waals surface area contributed by atoms with Gasteiger partial charge in [0, 0.05) is 19.1 Å². The average Bonchev–Trinajstić information content (AvgIpc) is 3.33. The van der Waals surface area contributed by atoms with E-state index in [1.54, 1.807) is 24.3 Å². The van der Waals surface area contributed by atoms with Gasteiger partial charge >= 0.3 is 11.9 Å². The third-order valence-corrected chi connectivity index (χ3v) is 5.16. The summed E-state index contributed by atoms with van der Waals surface area (Å²) < 4.78 is 51.5. The van der Waals surface area contributed by atoms with Gasteiger partial charge < -0.3 is 15.2 Å². The third-order valence-electron chi connectivity index (χ3n) is 5.16. The van der Waals surface area contributed by atoms with Crippen molar-refractivity contribution >= 4 is 23.2 Å². The molecule has 0 aliphatic rings. The molecule has 2 aromatic rings. The monoisotopic (exact) mass is 583 g/mol. The molecule has 1 heterocycles. The lowest BCUT2D eigenvalue weighted by molar-refractivity contribution is -0.421. The van der Waals surface area contributed by atoms with Gasteiger partial charge in [0.1, 0.15) is 17.6 Å². The van der Waals surface area contributed by atoms with E-state index in [4.69, 9.17) is 15.2 Å². The van der Waals surface area contributed by atoms with Crippen LogP contribution in [-0.4, -0.2) is 28.0 Å². The molecular formula is C30H32F3N5O4. The van der Waals surface area contributed by atoms with E-state index in [1.807, 2.05) is 20.8 Å². The maximum atomic E-state index is 13.1. The van der Waals surface area contributed by atoms with Crippen molar-refractivity contribution in [1.29, 1.82) is 5.26 Å². The molecule has 0 saturated carbocycles. The fourth-order valence-corrected chi connectivity index (χ4v) is 3.31. The Kier molecular flexibility index (Phi) is 13.3. The zero-order chi connectivity index (χ0) is 32.0. The Morgan fingerprint density at radius 1 is 1.24 bits per heavy atom. The summed E-state index contributed by atoms with van der Waals surface area (Å²) >= 11 is 0. The highest BCUT2D eigenvalue weighted by atomic mass is 19.4.